The molecule has 0 bridgehead atoms. The fraction of sp³-hybridized carbons (Fsp3) is 1.00. The Balaban J connectivity index is 1.84. The maximum atomic E-state index is 5.50. The Morgan fingerprint density at radius 1 is 1.08 bits per heavy atom. The highest BCUT2D eigenvalue weighted by Gasteiger charge is 2.30. The molecule has 2 aliphatic rings. The van der Waals surface area contributed by atoms with Gasteiger partial charge < -0.3 is 9.47 Å². The van der Waals surface area contributed by atoms with Crippen molar-refractivity contribution in [2.45, 2.75) is 19.4 Å². The fourth-order valence-corrected chi connectivity index (χ4v) is 1.73. The second kappa shape index (κ2) is 3.70. The molecule has 2 unspecified atom stereocenters. The first-order chi connectivity index (χ1) is 5.88. The van der Waals surface area contributed by atoms with Crippen LogP contribution in [0.4, 0.5) is 0 Å². The standard InChI is InChI=1S/C8H16N2O2/c1-6(7-9-2-4-11-7)8-10-3-5-12-8/h6-10H,2-5H2,1H3. The van der Waals surface area contributed by atoms with Crippen molar-refractivity contribution in [3.8, 4) is 0 Å². The van der Waals surface area contributed by atoms with Gasteiger partial charge in [-0.3, -0.25) is 10.6 Å². The lowest BCUT2D eigenvalue weighted by Crippen LogP contribution is -2.42. The molecule has 0 spiro atoms. The lowest BCUT2D eigenvalue weighted by atomic mass is 10.1. The van der Waals surface area contributed by atoms with Crippen molar-refractivity contribution in [3.05, 3.63) is 0 Å². The maximum Gasteiger partial charge on any atom is 0.114 e. The van der Waals surface area contributed by atoms with Crippen molar-refractivity contribution in [2.24, 2.45) is 5.92 Å². The van der Waals surface area contributed by atoms with Crippen molar-refractivity contribution in [2.75, 3.05) is 26.3 Å². The van der Waals surface area contributed by atoms with E-state index in [4.69, 9.17) is 9.47 Å². The predicted octanol–water partition coefficient (Wildman–Crippen LogP) is -0.486. The summed E-state index contributed by atoms with van der Waals surface area (Å²) in [5, 5.41) is 6.58. The van der Waals surface area contributed by atoms with Crippen molar-refractivity contribution in [3.63, 3.8) is 0 Å². The average molecular weight is 172 g/mol. The van der Waals surface area contributed by atoms with Crippen molar-refractivity contribution < 1.29 is 9.47 Å². The predicted molar refractivity (Wildman–Crippen MR) is 44.6 cm³/mol. The SMILES string of the molecule is CC(C1NCCO1)C1NCCO1. The zero-order chi connectivity index (χ0) is 8.39. The van der Waals surface area contributed by atoms with Gasteiger partial charge in [-0.1, -0.05) is 6.92 Å². The molecule has 0 aromatic rings. The normalized spacial score (nSPS) is 38.8. The Labute approximate surface area is 72.6 Å². The fourth-order valence-electron chi connectivity index (χ4n) is 1.73. The quantitative estimate of drug-likeness (QED) is 0.590. The molecular formula is C8H16N2O2. The number of hydrogen-bond acceptors (Lipinski definition) is 4. The summed E-state index contributed by atoms with van der Waals surface area (Å²) in [6.45, 7) is 5.71. The molecule has 0 aromatic carbocycles. The molecule has 4 heteroatoms. The molecule has 2 fully saturated rings. The molecule has 2 aliphatic heterocycles. The Morgan fingerprint density at radius 3 is 1.92 bits per heavy atom. The van der Waals surface area contributed by atoms with E-state index >= 15 is 0 Å². The van der Waals surface area contributed by atoms with Crippen LogP contribution in [0.1, 0.15) is 6.92 Å². The smallest absolute Gasteiger partial charge is 0.114 e. The van der Waals surface area contributed by atoms with Crippen LogP contribution >= 0.6 is 0 Å². The molecule has 2 atom stereocenters. The van der Waals surface area contributed by atoms with E-state index in [2.05, 4.69) is 17.6 Å². The highest BCUT2D eigenvalue weighted by Crippen LogP contribution is 2.16. The van der Waals surface area contributed by atoms with Crippen LogP contribution in [0.2, 0.25) is 0 Å². The lowest BCUT2D eigenvalue weighted by molar-refractivity contribution is -0.0245. The third kappa shape index (κ3) is 1.61. The summed E-state index contributed by atoms with van der Waals surface area (Å²) < 4.78 is 11.0. The topological polar surface area (TPSA) is 42.5 Å². The van der Waals surface area contributed by atoms with Crippen LogP contribution in [0, 0.1) is 5.92 Å². The number of rotatable bonds is 2. The molecule has 0 aliphatic carbocycles. The minimum atomic E-state index is 0.167. The second-order valence-electron chi connectivity index (χ2n) is 3.35. The van der Waals surface area contributed by atoms with Crippen molar-refractivity contribution in [1.29, 1.82) is 0 Å². The first-order valence-electron chi connectivity index (χ1n) is 4.58. The van der Waals surface area contributed by atoms with Crippen molar-refractivity contribution in [1.82, 2.24) is 10.6 Å². The van der Waals surface area contributed by atoms with Crippen LogP contribution in [0.5, 0.6) is 0 Å². The van der Waals surface area contributed by atoms with Crippen LogP contribution in [-0.4, -0.2) is 38.8 Å². The highest BCUT2D eigenvalue weighted by atomic mass is 16.5. The summed E-state index contributed by atoms with van der Waals surface area (Å²) in [4.78, 5) is 0. The van der Waals surface area contributed by atoms with E-state index < -0.39 is 0 Å². The van der Waals surface area contributed by atoms with Gasteiger partial charge in [0.05, 0.1) is 13.2 Å². The van der Waals surface area contributed by atoms with Crippen LogP contribution in [-0.2, 0) is 9.47 Å². The van der Waals surface area contributed by atoms with Gasteiger partial charge >= 0.3 is 0 Å². The summed E-state index contributed by atoms with van der Waals surface area (Å²) in [6.07, 6.45) is 0.334. The molecule has 0 amide bonds. The van der Waals surface area contributed by atoms with E-state index in [-0.39, 0.29) is 12.5 Å². The van der Waals surface area contributed by atoms with Crippen LogP contribution < -0.4 is 10.6 Å². The highest BCUT2D eigenvalue weighted by molar-refractivity contribution is 4.77. The second-order valence-corrected chi connectivity index (χ2v) is 3.35. The largest absolute Gasteiger partial charge is 0.362 e. The van der Waals surface area contributed by atoms with Crippen LogP contribution in [0.15, 0.2) is 0 Å². The monoisotopic (exact) mass is 172 g/mol. The van der Waals surface area contributed by atoms with Gasteiger partial charge in [-0.2, -0.15) is 0 Å². The van der Waals surface area contributed by atoms with Gasteiger partial charge in [-0.25, -0.2) is 0 Å². The van der Waals surface area contributed by atoms with E-state index in [0.29, 0.717) is 5.92 Å². The first kappa shape index (κ1) is 8.44. The maximum absolute atomic E-state index is 5.50. The molecule has 4 nitrogen and oxygen atoms in total. The third-order valence-corrected chi connectivity index (χ3v) is 2.45. The molecule has 2 rings (SSSR count). The Bertz CT molecular complexity index is 126. The van der Waals surface area contributed by atoms with E-state index in [1.54, 1.807) is 0 Å². The van der Waals surface area contributed by atoms with Gasteiger partial charge in [-0.15, -0.1) is 0 Å². The lowest BCUT2D eigenvalue weighted by Gasteiger charge is -2.23. The minimum Gasteiger partial charge on any atom is -0.362 e. The Kier molecular flexibility index (Phi) is 2.60. The Hall–Kier alpha value is -0.160. The van der Waals surface area contributed by atoms with Gasteiger partial charge in [0, 0.05) is 19.0 Å². The Morgan fingerprint density at radius 2 is 1.58 bits per heavy atom. The molecule has 2 saturated heterocycles. The molecule has 2 N–H and O–H groups in total. The van der Waals surface area contributed by atoms with Gasteiger partial charge in [0.25, 0.3) is 0 Å². The summed E-state index contributed by atoms with van der Waals surface area (Å²) in [5.41, 5.74) is 0. The molecule has 0 aromatic heterocycles. The van der Waals surface area contributed by atoms with Gasteiger partial charge in [0.2, 0.25) is 0 Å². The third-order valence-electron chi connectivity index (χ3n) is 2.45. The van der Waals surface area contributed by atoms with Gasteiger partial charge in [0.1, 0.15) is 12.5 Å². The average Bonchev–Trinajstić information content (AvgIpc) is 2.77. The van der Waals surface area contributed by atoms with Crippen LogP contribution in [0.3, 0.4) is 0 Å². The van der Waals surface area contributed by atoms with Crippen LogP contribution in [0.25, 0.3) is 0 Å². The van der Waals surface area contributed by atoms with E-state index in [1.807, 2.05) is 0 Å². The number of nitrogens with one attached hydrogen (secondary N) is 2. The van der Waals surface area contributed by atoms with Crippen molar-refractivity contribution >= 4 is 0 Å². The summed E-state index contributed by atoms with van der Waals surface area (Å²) in [7, 11) is 0. The van der Waals surface area contributed by atoms with E-state index in [0.717, 1.165) is 26.3 Å². The molecule has 0 radical (unpaired) electrons. The molecule has 70 valence electrons. The summed E-state index contributed by atoms with van der Waals surface area (Å²) in [6, 6.07) is 0. The van der Waals surface area contributed by atoms with Gasteiger partial charge in [0.15, 0.2) is 0 Å². The molecule has 0 saturated carbocycles. The number of ether oxygens (including phenoxy) is 2. The summed E-state index contributed by atoms with van der Waals surface area (Å²) in [5.74, 6) is 0.384. The van der Waals surface area contributed by atoms with E-state index in [1.165, 1.54) is 0 Å². The molecular weight excluding hydrogens is 156 g/mol. The van der Waals surface area contributed by atoms with E-state index in [9.17, 15) is 0 Å². The molecule has 12 heavy (non-hydrogen) atoms. The minimum absolute atomic E-state index is 0.167. The summed E-state index contributed by atoms with van der Waals surface area (Å²) >= 11 is 0. The zero-order valence-corrected chi connectivity index (χ0v) is 7.38. The number of hydrogen-bond donors (Lipinski definition) is 2. The first-order valence-corrected chi connectivity index (χ1v) is 4.58. The zero-order valence-electron chi connectivity index (χ0n) is 7.38. The molecule has 2 heterocycles. The van der Waals surface area contributed by atoms with Gasteiger partial charge in [-0.05, 0) is 0 Å².